The van der Waals surface area contributed by atoms with Gasteiger partial charge in [0, 0.05) is 43.1 Å². The minimum atomic E-state index is -1.32. The van der Waals surface area contributed by atoms with Crippen LogP contribution in [-0.4, -0.2) is 35.3 Å². The standard InChI is InChI=1S/C24H22FN3O4/c1-2-27-12-16(24(30)31)23(29)15-10-17(25)20(11-19(15)27)28-8-7-26-18(13-28)22-9-14-5-3-4-6-21(14)32-22/h3-6,9-12,18,26H,2,7-8,13H2,1H3,(H,30,31). The van der Waals surface area contributed by atoms with Gasteiger partial charge in [0.2, 0.25) is 5.43 Å². The van der Waals surface area contributed by atoms with Gasteiger partial charge in [0.15, 0.2) is 0 Å². The number of furan rings is 1. The summed E-state index contributed by atoms with van der Waals surface area (Å²) in [6, 6.07) is 12.5. The SMILES string of the molecule is CCn1cc(C(=O)O)c(=O)c2cc(F)c(N3CCNC(c4cc5ccccc5o4)C3)cc21. The number of aromatic carboxylic acids is 1. The van der Waals surface area contributed by atoms with Gasteiger partial charge in [-0.2, -0.15) is 0 Å². The zero-order valence-electron chi connectivity index (χ0n) is 17.5. The number of aromatic nitrogens is 1. The average Bonchev–Trinajstić information content (AvgIpc) is 3.24. The van der Waals surface area contributed by atoms with Gasteiger partial charge in [-0.1, -0.05) is 18.2 Å². The highest BCUT2D eigenvalue weighted by atomic mass is 19.1. The number of anilines is 1. The van der Waals surface area contributed by atoms with Gasteiger partial charge in [-0.25, -0.2) is 9.18 Å². The van der Waals surface area contributed by atoms with Crippen LogP contribution in [0.1, 0.15) is 29.1 Å². The van der Waals surface area contributed by atoms with Crippen molar-refractivity contribution in [3.05, 3.63) is 76.0 Å². The van der Waals surface area contributed by atoms with Gasteiger partial charge < -0.3 is 24.3 Å². The third-order valence-corrected chi connectivity index (χ3v) is 6.02. The molecular weight excluding hydrogens is 413 g/mol. The molecule has 2 aromatic carbocycles. The Morgan fingerprint density at radius 3 is 2.84 bits per heavy atom. The molecule has 2 aromatic heterocycles. The number of halogens is 1. The Morgan fingerprint density at radius 1 is 1.28 bits per heavy atom. The number of nitrogens with zero attached hydrogens (tertiary/aromatic N) is 2. The predicted molar refractivity (Wildman–Crippen MR) is 120 cm³/mol. The third-order valence-electron chi connectivity index (χ3n) is 6.02. The molecule has 1 unspecified atom stereocenters. The number of carboxylic acid groups (broad SMARTS) is 1. The highest BCUT2D eigenvalue weighted by Gasteiger charge is 2.26. The Balaban J connectivity index is 1.54. The second kappa shape index (κ2) is 7.80. The van der Waals surface area contributed by atoms with Gasteiger partial charge >= 0.3 is 5.97 Å². The van der Waals surface area contributed by atoms with E-state index in [1.54, 1.807) is 10.6 Å². The average molecular weight is 435 g/mol. The van der Waals surface area contributed by atoms with E-state index in [2.05, 4.69) is 5.32 Å². The van der Waals surface area contributed by atoms with E-state index in [4.69, 9.17) is 4.42 Å². The molecule has 4 aromatic rings. The minimum Gasteiger partial charge on any atom is -0.477 e. The summed E-state index contributed by atoms with van der Waals surface area (Å²) in [5.74, 6) is -1.09. The number of piperazine rings is 1. The third kappa shape index (κ3) is 3.33. The smallest absolute Gasteiger partial charge is 0.341 e. The molecule has 0 aliphatic carbocycles. The van der Waals surface area contributed by atoms with E-state index < -0.39 is 17.2 Å². The van der Waals surface area contributed by atoms with Crippen molar-refractivity contribution in [3.8, 4) is 0 Å². The number of carboxylic acids is 1. The summed E-state index contributed by atoms with van der Waals surface area (Å²) in [5, 5.41) is 13.8. The minimum absolute atomic E-state index is 0.0666. The van der Waals surface area contributed by atoms with Crippen LogP contribution in [-0.2, 0) is 6.54 Å². The summed E-state index contributed by atoms with van der Waals surface area (Å²) in [5.41, 5.74) is 0.656. The topological polar surface area (TPSA) is 87.7 Å². The molecule has 5 rings (SSSR count). The Kier molecular flexibility index (Phi) is 4.94. The van der Waals surface area contributed by atoms with E-state index in [1.807, 2.05) is 42.2 Å². The van der Waals surface area contributed by atoms with Crippen LogP contribution in [0.3, 0.4) is 0 Å². The van der Waals surface area contributed by atoms with Crippen molar-refractivity contribution in [2.45, 2.75) is 19.5 Å². The predicted octanol–water partition coefficient (Wildman–Crippen LogP) is 3.76. The van der Waals surface area contributed by atoms with Crippen molar-refractivity contribution in [2.24, 2.45) is 0 Å². The first-order chi connectivity index (χ1) is 15.5. The molecule has 0 bridgehead atoms. The summed E-state index contributed by atoms with van der Waals surface area (Å²) >= 11 is 0. The van der Waals surface area contributed by atoms with Crippen molar-refractivity contribution in [1.29, 1.82) is 0 Å². The zero-order chi connectivity index (χ0) is 22.4. The summed E-state index contributed by atoms with van der Waals surface area (Å²) in [6.07, 6.45) is 1.32. The lowest BCUT2D eigenvalue weighted by molar-refractivity contribution is 0.0695. The van der Waals surface area contributed by atoms with Crippen LogP contribution in [0.15, 0.2) is 57.9 Å². The molecule has 1 aliphatic heterocycles. The maximum Gasteiger partial charge on any atom is 0.341 e. The molecule has 1 aliphatic rings. The second-order valence-electron chi connectivity index (χ2n) is 7.92. The van der Waals surface area contributed by atoms with Gasteiger partial charge in [0.1, 0.15) is 22.7 Å². The van der Waals surface area contributed by atoms with Gasteiger partial charge in [0.25, 0.3) is 0 Å². The lowest BCUT2D eigenvalue weighted by atomic mass is 10.1. The van der Waals surface area contributed by atoms with E-state index in [0.717, 1.165) is 22.8 Å². The van der Waals surface area contributed by atoms with Crippen LogP contribution >= 0.6 is 0 Å². The van der Waals surface area contributed by atoms with Crippen LogP contribution in [0.2, 0.25) is 0 Å². The number of hydrogen-bond donors (Lipinski definition) is 2. The van der Waals surface area contributed by atoms with E-state index in [1.165, 1.54) is 6.20 Å². The molecule has 1 fully saturated rings. The van der Waals surface area contributed by atoms with E-state index in [9.17, 15) is 14.7 Å². The number of hydrogen-bond acceptors (Lipinski definition) is 5. The molecule has 0 saturated carbocycles. The Morgan fingerprint density at radius 2 is 2.09 bits per heavy atom. The number of nitrogens with one attached hydrogen (secondary N) is 1. The monoisotopic (exact) mass is 435 g/mol. The summed E-state index contributed by atoms with van der Waals surface area (Å²) < 4.78 is 22.8. The fraction of sp³-hybridized carbons (Fsp3) is 0.250. The van der Waals surface area contributed by atoms with Crippen molar-refractivity contribution >= 4 is 33.5 Å². The van der Waals surface area contributed by atoms with Crippen molar-refractivity contribution in [1.82, 2.24) is 9.88 Å². The van der Waals surface area contributed by atoms with Crippen LogP contribution < -0.4 is 15.6 Å². The molecule has 7 nitrogen and oxygen atoms in total. The molecule has 8 heteroatoms. The van der Waals surface area contributed by atoms with Gasteiger partial charge in [-0.15, -0.1) is 0 Å². The molecular formula is C24H22FN3O4. The van der Waals surface area contributed by atoms with Crippen molar-refractivity contribution in [3.63, 3.8) is 0 Å². The first-order valence-corrected chi connectivity index (χ1v) is 10.5. The first-order valence-electron chi connectivity index (χ1n) is 10.5. The number of aryl methyl sites for hydroxylation is 1. The maximum absolute atomic E-state index is 15.2. The summed E-state index contributed by atoms with van der Waals surface area (Å²) in [6.45, 7) is 4.01. The zero-order valence-corrected chi connectivity index (χ0v) is 17.5. The molecule has 1 saturated heterocycles. The highest BCUT2D eigenvalue weighted by molar-refractivity contribution is 5.93. The summed E-state index contributed by atoms with van der Waals surface area (Å²) in [7, 11) is 0. The largest absolute Gasteiger partial charge is 0.477 e. The van der Waals surface area contributed by atoms with E-state index >= 15 is 4.39 Å². The summed E-state index contributed by atoms with van der Waals surface area (Å²) in [4.78, 5) is 26.0. The first kappa shape index (κ1) is 20.3. The molecule has 2 N–H and O–H groups in total. The van der Waals surface area contributed by atoms with Crippen molar-refractivity contribution < 1.29 is 18.7 Å². The van der Waals surface area contributed by atoms with E-state index in [-0.39, 0.29) is 17.0 Å². The van der Waals surface area contributed by atoms with Crippen LogP contribution in [0.5, 0.6) is 0 Å². The quantitative estimate of drug-likeness (QED) is 0.508. The number of para-hydroxylation sites is 1. The molecule has 3 heterocycles. The number of benzene rings is 2. The maximum atomic E-state index is 15.2. The van der Waals surface area contributed by atoms with Gasteiger partial charge in [-0.05, 0) is 31.2 Å². The molecule has 164 valence electrons. The molecule has 1 atom stereocenters. The lowest BCUT2D eigenvalue weighted by Crippen LogP contribution is -2.46. The number of carbonyl (C=O) groups is 1. The molecule has 0 spiro atoms. The van der Waals surface area contributed by atoms with Crippen LogP contribution in [0, 0.1) is 5.82 Å². The molecule has 0 amide bonds. The van der Waals surface area contributed by atoms with E-state index in [0.29, 0.717) is 37.4 Å². The Labute approximate surface area is 182 Å². The number of rotatable bonds is 4. The van der Waals surface area contributed by atoms with Crippen molar-refractivity contribution in [2.75, 3.05) is 24.5 Å². The fourth-order valence-corrected chi connectivity index (χ4v) is 4.39. The van der Waals surface area contributed by atoms with Crippen LogP contribution in [0.4, 0.5) is 10.1 Å². The highest BCUT2D eigenvalue weighted by Crippen LogP contribution is 2.30. The number of fused-ring (bicyclic) bond motifs is 2. The van der Waals surface area contributed by atoms with Gasteiger partial charge in [0.05, 0.1) is 17.2 Å². The van der Waals surface area contributed by atoms with Gasteiger partial charge in [-0.3, -0.25) is 4.79 Å². The Hall–Kier alpha value is -3.65. The normalized spacial score (nSPS) is 16.7. The molecule has 0 radical (unpaired) electrons. The second-order valence-corrected chi connectivity index (χ2v) is 7.92. The fourth-order valence-electron chi connectivity index (χ4n) is 4.39. The lowest BCUT2D eigenvalue weighted by Gasteiger charge is -2.34. The Bertz CT molecular complexity index is 1370. The van der Waals surface area contributed by atoms with Crippen LogP contribution in [0.25, 0.3) is 21.9 Å². The number of pyridine rings is 1. The molecule has 32 heavy (non-hydrogen) atoms.